The van der Waals surface area contributed by atoms with Gasteiger partial charge in [0.1, 0.15) is 10.5 Å². The van der Waals surface area contributed by atoms with E-state index in [9.17, 15) is 0 Å². The molecular weight excluding hydrogens is 376 g/mol. The third-order valence-electron chi connectivity index (χ3n) is 3.10. The Morgan fingerprint density at radius 2 is 2.25 bits per heavy atom. The van der Waals surface area contributed by atoms with Gasteiger partial charge in [0.15, 0.2) is 0 Å². The predicted octanol–water partition coefficient (Wildman–Crippen LogP) is 5.72. The highest BCUT2D eigenvalue weighted by Gasteiger charge is 2.27. The van der Waals surface area contributed by atoms with Gasteiger partial charge in [-0.25, -0.2) is 4.98 Å². The average molecular weight is 388 g/mol. The van der Waals surface area contributed by atoms with E-state index >= 15 is 0 Å². The van der Waals surface area contributed by atoms with Gasteiger partial charge in [0.2, 0.25) is 0 Å². The second kappa shape index (κ2) is 6.18. The average Bonchev–Trinajstić information content (AvgIpc) is 3.24. The molecule has 0 radical (unpaired) electrons. The standard InChI is InChI=1S/C14H12BrClN2S2/c15-12-13(8-4-5-8)17-11(18-14(12)19)7-20-10-3-1-2-9(16)6-10/h1-3,6,8H,4-5,7H2,(H,17,18,19). The molecule has 1 aromatic carbocycles. The Balaban J connectivity index is 1.79. The summed E-state index contributed by atoms with van der Waals surface area (Å²) in [4.78, 5) is 9.00. The number of hydrogen-bond donors (Lipinski definition) is 1. The molecule has 1 aliphatic carbocycles. The molecule has 6 heteroatoms. The molecule has 3 rings (SSSR count). The fraction of sp³-hybridized carbons (Fsp3) is 0.286. The third kappa shape index (κ3) is 3.45. The summed E-state index contributed by atoms with van der Waals surface area (Å²) in [5, 5.41) is 0.755. The van der Waals surface area contributed by atoms with Crippen molar-refractivity contribution >= 4 is 51.5 Å². The van der Waals surface area contributed by atoms with E-state index in [2.05, 4.69) is 25.9 Å². The van der Waals surface area contributed by atoms with Crippen LogP contribution in [0.3, 0.4) is 0 Å². The minimum absolute atomic E-state index is 0.615. The Kier molecular flexibility index (Phi) is 4.50. The zero-order valence-corrected chi connectivity index (χ0v) is 14.5. The van der Waals surface area contributed by atoms with Gasteiger partial charge in [-0.1, -0.05) is 29.9 Å². The molecule has 1 fully saturated rings. The highest BCUT2D eigenvalue weighted by Crippen LogP contribution is 2.42. The SMILES string of the molecule is S=c1nc(CSc2cccc(Cl)c2)[nH]c(C2CC2)c1Br. The summed E-state index contributed by atoms with van der Waals surface area (Å²) in [7, 11) is 0. The van der Waals surface area contributed by atoms with Crippen molar-refractivity contribution in [1.82, 2.24) is 9.97 Å². The lowest BCUT2D eigenvalue weighted by atomic mass is 10.3. The summed E-state index contributed by atoms with van der Waals surface area (Å²) in [6.45, 7) is 0. The zero-order valence-electron chi connectivity index (χ0n) is 10.5. The lowest BCUT2D eigenvalue weighted by Gasteiger charge is -2.07. The number of nitrogens with one attached hydrogen (secondary N) is 1. The number of rotatable bonds is 4. The minimum Gasteiger partial charge on any atom is -0.345 e. The van der Waals surface area contributed by atoms with Gasteiger partial charge in [0, 0.05) is 21.5 Å². The number of aromatic nitrogens is 2. The summed E-state index contributed by atoms with van der Waals surface area (Å²) in [6, 6.07) is 7.84. The quantitative estimate of drug-likeness (QED) is 0.537. The molecule has 1 aliphatic rings. The molecule has 2 aromatic rings. The third-order valence-corrected chi connectivity index (χ3v) is 5.70. The highest BCUT2D eigenvalue weighted by molar-refractivity contribution is 9.10. The molecule has 0 unspecified atom stereocenters. The number of aromatic amines is 1. The van der Waals surface area contributed by atoms with Crippen molar-refractivity contribution < 1.29 is 0 Å². The van der Waals surface area contributed by atoms with Crippen LogP contribution in [0.15, 0.2) is 33.6 Å². The monoisotopic (exact) mass is 386 g/mol. The Labute approximate surface area is 140 Å². The summed E-state index contributed by atoms with van der Waals surface area (Å²) < 4.78 is 1.60. The van der Waals surface area contributed by atoms with Crippen LogP contribution in [0.1, 0.15) is 30.3 Å². The largest absolute Gasteiger partial charge is 0.345 e. The van der Waals surface area contributed by atoms with Crippen LogP contribution in [0.5, 0.6) is 0 Å². The van der Waals surface area contributed by atoms with Gasteiger partial charge in [-0.2, -0.15) is 0 Å². The van der Waals surface area contributed by atoms with Crippen molar-refractivity contribution in [3.05, 3.63) is 49.9 Å². The van der Waals surface area contributed by atoms with Crippen molar-refractivity contribution in [3.8, 4) is 0 Å². The fourth-order valence-electron chi connectivity index (χ4n) is 1.96. The maximum Gasteiger partial charge on any atom is 0.144 e. The van der Waals surface area contributed by atoms with Crippen LogP contribution in [0.2, 0.25) is 5.02 Å². The van der Waals surface area contributed by atoms with Crippen LogP contribution < -0.4 is 0 Å². The van der Waals surface area contributed by atoms with E-state index in [1.807, 2.05) is 24.3 Å². The molecule has 0 aliphatic heterocycles. The maximum atomic E-state index is 5.99. The van der Waals surface area contributed by atoms with Crippen molar-refractivity contribution in [2.24, 2.45) is 0 Å². The van der Waals surface area contributed by atoms with E-state index in [1.165, 1.54) is 18.5 Å². The van der Waals surface area contributed by atoms with Gasteiger partial charge >= 0.3 is 0 Å². The second-order valence-corrected chi connectivity index (χ2v) is 7.40. The molecule has 0 saturated heterocycles. The van der Waals surface area contributed by atoms with Crippen LogP contribution in [0, 0.1) is 4.64 Å². The van der Waals surface area contributed by atoms with Crippen molar-refractivity contribution in [1.29, 1.82) is 0 Å². The first kappa shape index (κ1) is 14.6. The lowest BCUT2D eigenvalue weighted by molar-refractivity contribution is 0.912. The molecule has 1 N–H and O–H groups in total. The van der Waals surface area contributed by atoms with Gasteiger partial charge < -0.3 is 4.98 Å². The molecule has 1 aromatic heterocycles. The van der Waals surface area contributed by atoms with E-state index < -0.39 is 0 Å². The van der Waals surface area contributed by atoms with Gasteiger partial charge in [0.25, 0.3) is 0 Å². The molecule has 20 heavy (non-hydrogen) atoms. The summed E-state index contributed by atoms with van der Waals surface area (Å²) in [5.41, 5.74) is 1.20. The molecule has 0 spiro atoms. The fourth-order valence-corrected chi connectivity index (χ4v) is 3.77. The van der Waals surface area contributed by atoms with Crippen molar-refractivity contribution in [2.75, 3.05) is 0 Å². The van der Waals surface area contributed by atoms with Gasteiger partial charge in [-0.3, -0.25) is 0 Å². The Bertz CT molecular complexity index is 698. The van der Waals surface area contributed by atoms with E-state index in [4.69, 9.17) is 23.8 Å². The van der Waals surface area contributed by atoms with Gasteiger partial charge in [0.05, 0.1) is 10.2 Å². The first-order valence-electron chi connectivity index (χ1n) is 6.30. The molecule has 1 saturated carbocycles. The summed E-state index contributed by atoms with van der Waals surface area (Å²) in [5.74, 6) is 2.30. The second-order valence-electron chi connectivity index (χ2n) is 4.74. The number of thioether (sulfide) groups is 1. The Morgan fingerprint density at radius 1 is 1.45 bits per heavy atom. The Morgan fingerprint density at radius 3 is 2.95 bits per heavy atom. The van der Waals surface area contributed by atoms with Gasteiger partial charge in [-0.15, -0.1) is 11.8 Å². The molecule has 0 amide bonds. The van der Waals surface area contributed by atoms with Crippen LogP contribution in [0.25, 0.3) is 0 Å². The van der Waals surface area contributed by atoms with E-state index in [1.54, 1.807) is 11.8 Å². The topological polar surface area (TPSA) is 28.7 Å². The molecule has 1 heterocycles. The maximum absolute atomic E-state index is 5.99. The number of hydrogen-bond acceptors (Lipinski definition) is 3. The first-order chi connectivity index (χ1) is 9.63. The molecule has 0 atom stereocenters. The van der Waals surface area contributed by atoms with Crippen LogP contribution >= 0.6 is 51.5 Å². The number of H-pyrrole nitrogens is 1. The zero-order chi connectivity index (χ0) is 14.1. The van der Waals surface area contributed by atoms with Crippen LogP contribution in [0.4, 0.5) is 0 Å². The number of halogens is 2. The van der Waals surface area contributed by atoms with Crippen LogP contribution in [-0.2, 0) is 5.75 Å². The van der Waals surface area contributed by atoms with E-state index in [0.717, 1.165) is 26.0 Å². The highest BCUT2D eigenvalue weighted by atomic mass is 79.9. The predicted molar refractivity (Wildman–Crippen MR) is 90.1 cm³/mol. The minimum atomic E-state index is 0.615. The van der Waals surface area contributed by atoms with E-state index in [-0.39, 0.29) is 0 Å². The molecule has 2 nitrogen and oxygen atoms in total. The Hall–Kier alpha value is -0.360. The first-order valence-corrected chi connectivity index (χ1v) is 8.87. The van der Waals surface area contributed by atoms with Crippen molar-refractivity contribution in [2.45, 2.75) is 29.4 Å². The lowest BCUT2D eigenvalue weighted by Crippen LogP contribution is -1.99. The van der Waals surface area contributed by atoms with Crippen LogP contribution in [-0.4, -0.2) is 9.97 Å². The molecule has 104 valence electrons. The summed E-state index contributed by atoms with van der Waals surface area (Å²) >= 11 is 16.5. The summed E-state index contributed by atoms with van der Waals surface area (Å²) in [6.07, 6.45) is 2.46. The smallest absolute Gasteiger partial charge is 0.144 e. The molecular formula is C14H12BrClN2S2. The number of benzene rings is 1. The van der Waals surface area contributed by atoms with Crippen molar-refractivity contribution in [3.63, 3.8) is 0 Å². The van der Waals surface area contributed by atoms with E-state index in [0.29, 0.717) is 10.6 Å². The van der Waals surface area contributed by atoms with Gasteiger partial charge in [-0.05, 0) is 47.0 Å². The molecule has 0 bridgehead atoms. The number of nitrogens with zero attached hydrogens (tertiary/aromatic N) is 1. The normalized spacial score (nSPS) is 14.5.